The third-order valence-electron chi connectivity index (χ3n) is 3.71. The van der Waals surface area contributed by atoms with Crippen molar-refractivity contribution in [2.45, 2.75) is 19.1 Å². The number of rotatable bonds is 4. The van der Waals surface area contributed by atoms with E-state index >= 15 is 0 Å². The summed E-state index contributed by atoms with van der Waals surface area (Å²) in [5.41, 5.74) is -1.97. The van der Waals surface area contributed by atoms with Crippen LogP contribution in [0.1, 0.15) is 12.0 Å². The molecule has 1 aromatic heterocycles. The van der Waals surface area contributed by atoms with Gasteiger partial charge in [-0.05, 0) is 12.0 Å². The fourth-order valence-corrected chi connectivity index (χ4v) is 2.43. The van der Waals surface area contributed by atoms with Gasteiger partial charge < -0.3 is 9.84 Å². The number of alkyl halides is 3. The number of likely N-dealkylation sites (tertiary alicyclic amines) is 1. The van der Waals surface area contributed by atoms with Gasteiger partial charge >= 0.3 is 12.1 Å². The lowest BCUT2D eigenvalue weighted by Crippen LogP contribution is -2.47. The summed E-state index contributed by atoms with van der Waals surface area (Å²) in [6.07, 6.45) is -3.69. The summed E-state index contributed by atoms with van der Waals surface area (Å²) in [5.74, 6) is -1.40. The van der Waals surface area contributed by atoms with Gasteiger partial charge in [-0.3, -0.25) is 9.69 Å². The molecule has 0 radical (unpaired) electrons. The lowest BCUT2D eigenvalue weighted by molar-refractivity contribution is -0.227. The third-order valence-corrected chi connectivity index (χ3v) is 3.71. The maximum atomic E-state index is 13.0. The molecule has 5 nitrogen and oxygen atoms in total. The fourth-order valence-electron chi connectivity index (χ4n) is 2.43. The van der Waals surface area contributed by atoms with Crippen molar-refractivity contribution in [2.75, 3.05) is 20.2 Å². The summed E-state index contributed by atoms with van der Waals surface area (Å²) in [7, 11) is 1.47. The summed E-state index contributed by atoms with van der Waals surface area (Å²) < 4.78 is 44.0. The first-order valence-corrected chi connectivity index (χ1v) is 6.30. The van der Waals surface area contributed by atoms with E-state index in [9.17, 15) is 18.0 Å². The van der Waals surface area contributed by atoms with Gasteiger partial charge in [-0.15, -0.1) is 0 Å². The Morgan fingerprint density at radius 1 is 1.52 bits per heavy atom. The molecule has 1 N–H and O–H groups in total. The Hall–Kier alpha value is -1.83. The Morgan fingerprint density at radius 2 is 2.24 bits per heavy atom. The van der Waals surface area contributed by atoms with Gasteiger partial charge in [0.05, 0.1) is 7.11 Å². The van der Waals surface area contributed by atoms with Crippen LogP contribution >= 0.6 is 0 Å². The van der Waals surface area contributed by atoms with Gasteiger partial charge in [0.25, 0.3) is 0 Å². The smallest absolute Gasteiger partial charge is 0.406 e. The molecule has 0 aliphatic carbocycles. The number of hydrogen-bond donors (Lipinski definition) is 1. The van der Waals surface area contributed by atoms with Crippen molar-refractivity contribution < 1.29 is 27.8 Å². The number of hydrogen-bond acceptors (Lipinski definition) is 4. The second-order valence-electron chi connectivity index (χ2n) is 5.05. The molecule has 1 unspecified atom stereocenters. The third kappa shape index (κ3) is 2.94. The van der Waals surface area contributed by atoms with Gasteiger partial charge in [-0.25, -0.2) is 4.98 Å². The Balaban J connectivity index is 2.09. The second-order valence-corrected chi connectivity index (χ2v) is 5.05. The number of ether oxygens (including phenoxy) is 1. The molecule has 1 fully saturated rings. The standard InChI is InChI=1S/C13H15F3N2O3/c1-21-10-3-2-9(6-17-10)7-18-5-4-12(8-18,11(19)20)13(14,15)16/h2-3,6H,4-5,7-8H2,1H3,(H,19,20). The van der Waals surface area contributed by atoms with Crippen molar-refractivity contribution in [3.63, 3.8) is 0 Å². The van der Waals surface area contributed by atoms with Crippen LogP contribution in [0.15, 0.2) is 18.3 Å². The van der Waals surface area contributed by atoms with Gasteiger partial charge in [0.15, 0.2) is 5.41 Å². The number of carbonyl (C=O) groups is 1. The molecule has 2 heterocycles. The zero-order valence-corrected chi connectivity index (χ0v) is 11.4. The highest BCUT2D eigenvalue weighted by Crippen LogP contribution is 2.45. The Morgan fingerprint density at radius 3 is 2.67 bits per heavy atom. The zero-order chi connectivity index (χ0) is 15.7. The summed E-state index contributed by atoms with van der Waals surface area (Å²) in [5, 5.41) is 8.98. The quantitative estimate of drug-likeness (QED) is 0.921. The number of pyridine rings is 1. The molecular weight excluding hydrogens is 289 g/mol. The molecule has 8 heteroatoms. The van der Waals surface area contributed by atoms with E-state index in [-0.39, 0.29) is 13.1 Å². The van der Waals surface area contributed by atoms with Gasteiger partial charge in [-0.2, -0.15) is 13.2 Å². The maximum Gasteiger partial charge on any atom is 0.406 e. The van der Waals surface area contributed by atoms with Crippen molar-refractivity contribution in [3.05, 3.63) is 23.9 Å². The lowest BCUT2D eigenvalue weighted by Gasteiger charge is -2.27. The number of aromatic nitrogens is 1. The van der Waals surface area contributed by atoms with E-state index in [1.165, 1.54) is 18.2 Å². The van der Waals surface area contributed by atoms with E-state index in [0.29, 0.717) is 11.4 Å². The van der Waals surface area contributed by atoms with E-state index in [4.69, 9.17) is 9.84 Å². The highest BCUT2D eigenvalue weighted by atomic mass is 19.4. The molecule has 0 aromatic carbocycles. The molecule has 0 bridgehead atoms. The van der Waals surface area contributed by atoms with E-state index in [0.717, 1.165) is 0 Å². The van der Waals surface area contributed by atoms with E-state index in [2.05, 4.69) is 4.98 Å². The average molecular weight is 304 g/mol. The predicted octanol–water partition coefficient (Wildman–Crippen LogP) is 1.93. The van der Waals surface area contributed by atoms with Gasteiger partial charge in [0.1, 0.15) is 0 Å². The van der Waals surface area contributed by atoms with E-state index < -0.39 is 30.5 Å². The molecule has 1 aliphatic heterocycles. The minimum atomic E-state index is -4.76. The molecule has 0 saturated carbocycles. The van der Waals surface area contributed by atoms with E-state index in [1.807, 2.05) is 0 Å². The monoisotopic (exact) mass is 304 g/mol. The average Bonchev–Trinajstić information content (AvgIpc) is 2.84. The van der Waals surface area contributed by atoms with Crippen LogP contribution in [0.4, 0.5) is 13.2 Å². The SMILES string of the molecule is COc1ccc(CN2CCC(C(=O)O)(C(F)(F)F)C2)cn1. The zero-order valence-electron chi connectivity index (χ0n) is 11.4. The number of carboxylic acid groups (broad SMARTS) is 1. The Kier molecular flexibility index (Phi) is 4.08. The minimum absolute atomic E-state index is 0.0812. The van der Waals surface area contributed by atoms with Gasteiger partial charge in [-0.1, -0.05) is 6.07 Å². The number of carboxylic acids is 1. The highest BCUT2D eigenvalue weighted by Gasteiger charge is 2.63. The maximum absolute atomic E-state index is 13.0. The molecule has 0 amide bonds. The fraction of sp³-hybridized carbons (Fsp3) is 0.538. The first-order valence-electron chi connectivity index (χ1n) is 6.30. The second kappa shape index (κ2) is 5.51. The van der Waals surface area contributed by atoms with Crippen LogP contribution in [0.3, 0.4) is 0 Å². The van der Waals surface area contributed by atoms with Crippen molar-refractivity contribution in [1.29, 1.82) is 0 Å². The number of nitrogens with zero attached hydrogens (tertiary/aromatic N) is 2. The van der Waals surface area contributed by atoms with Crippen LogP contribution in [-0.4, -0.2) is 47.3 Å². The van der Waals surface area contributed by atoms with Crippen molar-refractivity contribution in [2.24, 2.45) is 5.41 Å². The van der Waals surface area contributed by atoms with E-state index in [1.54, 1.807) is 12.1 Å². The van der Waals surface area contributed by atoms with Crippen LogP contribution in [0.2, 0.25) is 0 Å². The number of aliphatic carboxylic acids is 1. The minimum Gasteiger partial charge on any atom is -0.481 e. The molecule has 1 saturated heterocycles. The summed E-state index contributed by atoms with van der Waals surface area (Å²) in [6, 6.07) is 3.31. The van der Waals surface area contributed by atoms with Gasteiger partial charge in [0.2, 0.25) is 5.88 Å². The first-order chi connectivity index (χ1) is 9.78. The number of halogens is 3. The summed E-state index contributed by atoms with van der Waals surface area (Å²) >= 11 is 0. The Bertz CT molecular complexity index is 518. The number of methoxy groups -OCH3 is 1. The van der Waals surface area contributed by atoms with Crippen LogP contribution in [0.5, 0.6) is 5.88 Å². The molecule has 1 aliphatic rings. The predicted molar refractivity (Wildman–Crippen MR) is 66.8 cm³/mol. The normalized spacial score (nSPS) is 23.2. The van der Waals surface area contributed by atoms with Crippen LogP contribution in [0, 0.1) is 5.41 Å². The Labute approximate surface area is 119 Å². The molecule has 1 aromatic rings. The lowest BCUT2D eigenvalue weighted by atomic mass is 9.86. The van der Waals surface area contributed by atoms with Crippen LogP contribution in [0.25, 0.3) is 0 Å². The molecular formula is C13H15F3N2O3. The summed E-state index contributed by atoms with van der Waals surface area (Å²) in [6.45, 7) is -0.238. The molecule has 0 spiro atoms. The molecule has 1 atom stereocenters. The van der Waals surface area contributed by atoms with Crippen molar-refractivity contribution >= 4 is 5.97 Å². The van der Waals surface area contributed by atoms with Crippen molar-refractivity contribution in [1.82, 2.24) is 9.88 Å². The van der Waals surface area contributed by atoms with Crippen LogP contribution < -0.4 is 4.74 Å². The topological polar surface area (TPSA) is 62.7 Å². The first kappa shape index (κ1) is 15.6. The summed E-state index contributed by atoms with van der Waals surface area (Å²) in [4.78, 5) is 16.5. The van der Waals surface area contributed by atoms with Gasteiger partial charge in [0, 0.05) is 31.9 Å². The largest absolute Gasteiger partial charge is 0.481 e. The molecule has 2 rings (SSSR count). The highest BCUT2D eigenvalue weighted by molar-refractivity contribution is 5.76. The molecule has 21 heavy (non-hydrogen) atoms. The van der Waals surface area contributed by atoms with Crippen molar-refractivity contribution in [3.8, 4) is 5.88 Å². The van der Waals surface area contributed by atoms with Crippen LogP contribution in [-0.2, 0) is 11.3 Å². The molecule has 116 valence electrons.